The number of carbonyl (C=O) groups is 1. The van der Waals surface area contributed by atoms with E-state index in [4.69, 9.17) is 0 Å². The molecule has 2 aromatic rings. The molecule has 1 amide bonds. The number of hydrogen-bond donors (Lipinski definition) is 1. The highest BCUT2D eigenvalue weighted by molar-refractivity contribution is 5.86. The molecule has 0 bridgehead atoms. The average molecular weight is 288 g/mol. The van der Waals surface area contributed by atoms with Crippen molar-refractivity contribution in [3.05, 3.63) is 12.0 Å². The molecule has 1 aliphatic rings. The normalized spacial score (nSPS) is 19.3. The Balaban J connectivity index is 1.93. The predicted octanol–water partition coefficient (Wildman–Crippen LogP) is 1.16. The first-order valence-corrected chi connectivity index (χ1v) is 7.25. The fourth-order valence-electron chi connectivity index (χ4n) is 2.79. The molecule has 0 radical (unpaired) electrons. The van der Waals surface area contributed by atoms with Gasteiger partial charge in [0.25, 0.3) is 0 Å². The summed E-state index contributed by atoms with van der Waals surface area (Å²) in [5.41, 5.74) is 0.779. The van der Waals surface area contributed by atoms with Crippen LogP contribution >= 0.6 is 0 Å². The highest BCUT2D eigenvalue weighted by Gasteiger charge is 2.26. The second-order valence-corrected chi connectivity index (χ2v) is 5.55. The van der Waals surface area contributed by atoms with Crippen LogP contribution in [0, 0.1) is 5.92 Å². The maximum Gasteiger partial charge on any atom is 0.225 e. The molecule has 3 rings (SSSR count). The van der Waals surface area contributed by atoms with Crippen molar-refractivity contribution in [2.75, 3.05) is 18.9 Å². The minimum absolute atomic E-state index is 0.1000. The number of amides is 1. The molecular weight excluding hydrogens is 268 g/mol. The van der Waals surface area contributed by atoms with Crippen LogP contribution in [0.1, 0.15) is 25.6 Å². The molecule has 3 heterocycles. The molecule has 1 unspecified atom stereocenters. The number of anilines is 1. The Morgan fingerprint density at radius 3 is 3.00 bits per heavy atom. The summed E-state index contributed by atoms with van der Waals surface area (Å²) in [5, 5.41) is 8.18. The van der Waals surface area contributed by atoms with Crippen molar-refractivity contribution in [3.8, 4) is 0 Å². The molecule has 112 valence electrons. The number of aromatic nitrogens is 4. The van der Waals surface area contributed by atoms with Crippen LogP contribution in [-0.4, -0.2) is 44.1 Å². The van der Waals surface area contributed by atoms with Crippen molar-refractivity contribution in [2.45, 2.75) is 26.3 Å². The number of nitrogens with one attached hydrogen (secondary N) is 1. The monoisotopic (exact) mass is 288 g/mol. The molecule has 7 nitrogen and oxygen atoms in total. The number of hydrogen-bond acceptors (Lipinski definition) is 5. The van der Waals surface area contributed by atoms with E-state index in [9.17, 15) is 4.79 Å². The quantitative estimate of drug-likeness (QED) is 0.917. The van der Waals surface area contributed by atoms with Crippen molar-refractivity contribution in [1.29, 1.82) is 0 Å². The van der Waals surface area contributed by atoms with E-state index in [2.05, 4.69) is 20.4 Å². The number of likely N-dealkylation sites (tertiary alicyclic amines) is 1. The molecular formula is C14H20N6O. The summed E-state index contributed by atoms with van der Waals surface area (Å²) in [5.74, 6) is 1.70. The maximum atomic E-state index is 12.2. The Morgan fingerprint density at radius 1 is 1.43 bits per heavy atom. The first-order chi connectivity index (χ1) is 10.1. The number of fused-ring (bicyclic) bond motifs is 1. The van der Waals surface area contributed by atoms with E-state index in [1.807, 2.05) is 25.9 Å². The van der Waals surface area contributed by atoms with E-state index in [-0.39, 0.29) is 11.8 Å². The molecule has 1 atom stereocenters. The molecule has 21 heavy (non-hydrogen) atoms. The largest absolute Gasteiger partial charge is 0.372 e. The van der Waals surface area contributed by atoms with Gasteiger partial charge in [-0.05, 0) is 12.8 Å². The molecule has 0 saturated carbocycles. The summed E-state index contributed by atoms with van der Waals surface area (Å²) < 4.78 is 1.72. The Bertz CT molecular complexity index is 679. The second-order valence-electron chi connectivity index (χ2n) is 5.55. The summed E-state index contributed by atoms with van der Waals surface area (Å²) in [7, 11) is 3.68. The summed E-state index contributed by atoms with van der Waals surface area (Å²) in [6.45, 7) is 3.22. The van der Waals surface area contributed by atoms with Gasteiger partial charge in [0.15, 0.2) is 11.5 Å². The van der Waals surface area contributed by atoms with Gasteiger partial charge in [-0.1, -0.05) is 6.92 Å². The number of aryl methyl sites for hydroxylation is 1. The lowest BCUT2D eigenvalue weighted by molar-refractivity contribution is -0.138. The van der Waals surface area contributed by atoms with E-state index in [0.717, 1.165) is 36.2 Å². The Hall–Kier alpha value is -2.18. The van der Waals surface area contributed by atoms with Crippen LogP contribution in [0.3, 0.4) is 0 Å². The van der Waals surface area contributed by atoms with E-state index in [1.54, 1.807) is 10.9 Å². The lowest BCUT2D eigenvalue weighted by Gasteiger charge is -2.30. The Morgan fingerprint density at radius 2 is 2.24 bits per heavy atom. The van der Waals surface area contributed by atoms with Crippen LogP contribution in [0.4, 0.5) is 5.82 Å². The van der Waals surface area contributed by atoms with Crippen LogP contribution < -0.4 is 5.32 Å². The molecule has 2 aromatic heterocycles. The van der Waals surface area contributed by atoms with Gasteiger partial charge in [0, 0.05) is 26.6 Å². The number of rotatable bonds is 3. The topological polar surface area (TPSA) is 75.9 Å². The van der Waals surface area contributed by atoms with Crippen LogP contribution in [0.15, 0.2) is 6.20 Å². The SMILES string of the molecule is CNc1nc(CN2CCCC(C)C2=O)nc2c1cnn2C. The number of piperidine rings is 1. The van der Waals surface area contributed by atoms with Gasteiger partial charge in [-0.25, -0.2) is 9.97 Å². The molecule has 1 saturated heterocycles. The fourth-order valence-corrected chi connectivity index (χ4v) is 2.79. The summed E-state index contributed by atoms with van der Waals surface area (Å²) in [6.07, 6.45) is 3.76. The highest BCUT2D eigenvalue weighted by Crippen LogP contribution is 2.22. The zero-order chi connectivity index (χ0) is 15.0. The first-order valence-electron chi connectivity index (χ1n) is 7.25. The van der Waals surface area contributed by atoms with E-state index in [0.29, 0.717) is 12.4 Å². The number of nitrogens with zero attached hydrogens (tertiary/aromatic N) is 5. The lowest BCUT2D eigenvalue weighted by Crippen LogP contribution is -2.40. The van der Waals surface area contributed by atoms with Crippen molar-refractivity contribution >= 4 is 22.8 Å². The molecule has 0 aromatic carbocycles. The summed E-state index contributed by atoms with van der Waals surface area (Å²) in [6, 6.07) is 0. The van der Waals surface area contributed by atoms with Gasteiger partial charge < -0.3 is 10.2 Å². The number of carbonyl (C=O) groups excluding carboxylic acids is 1. The minimum atomic E-state index is 0.1000. The van der Waals surface area contributed by atoms with Crippen LogP contribution in [0.25, 0.3) is 11.0 Å². The Kier molecular flexibility index (Phi) is 3.48. The van der Waals surface area contributed by atoms with Crippen molar-refractivity contribution < 1.29 is 4.79 Å². The van der Waals surface area contributed by atoms with Crippen LogP contribution in [0.2, 0.25) is 0 Å². The van der Waals surface area contributed by atoms with Gasteiger partial charge in [-0.15, -0.1) is 0 Å². The van der Waals surface area contributed by atoms with Crippen LogP contribution in [0.5, 0.6) is 0 Å². The smallest absolute Gasteiger partial charge is 0.225 e. The lowest BCUT2D eigenvalue weighted by atomic mass is 9.99. The fraction of sp³-hybridized carbons (Fsp3) is 0.571. The molecule has 1 fully saturated rings. The van der Waals surface area contributed by atoms with Crippen molar-refractivity contribution in [2.24, 2.45) is 13.0 Å². The standard InChI is InChI=1S/C14H20N6O/c1-9-5-4-6-20(14(9)21)8-11-17-12(15-2)10-7-16-19(3)13(10)18-11/h7,9H,4-6,8H2,1-3H3,(H,15,17,18). The third-order valence-electron chi connectivity index (χ3n) is 4.01. The van der Waals surface area contributed by atoms with E-state index >= 15 is 0 Å². The minimum Gasteiger partial charge on any atom is -0.372 e. The highest BCUT2D eigenvalue weighted by atomic mass is 16.2. The Labute approximate surface area is 123 Å². The molecule has 0 spiro atoms. The third-order valence-corrected chi connectivity index (χ3v) is 4.01. The van der Waals surface area contributed by atoms with E-state index < -0.39 is 0 Å². The predicted molar refractivity (Wildman–Crippen MR) is 79.7 cm³/mol. The summed E-state index contributed by atoms with van der Waals surface area (Å²) >= 11 is 0. The maximum absolute atomic E-state index is 12.2. The first kappa shape index (κ1) is 13.8. The molecule has 0 aliphatic carbocycles. The van der Waals surface area contributed by atoms with Gasteiger partial charge in [0.2, 0.25) is 5.91 Å². The van der Waals surface area contributed by atoms with Crippen LogP contribution in [-0.2, 0) is 18.4 Å². The second kappa shape index (κ2) is 5.31. The van der Waals surface area contributed by atoms with E-state index in [1.165, 1.54) is 0 Å². The zero-order valence-electron chi connectivity index (χ0n) is 12.6. The van der Waals surface area contributed by atoms with Gasteiger partial charge in [-0.2, -0.15) is 5.10 Å². The average Bonchev–Trinajstić information content (AvgIpc) is 2.85. The third kappa shape index (κ3) is 2.43. The zero-order valence-corrected chi connectivity index (χ0v) is 12.6. The van der Waals surface area contributed by atoms with Gasteiger partial charge in [0.05, 0.1) is 18.1 Å². The molecule has 7 heteroatoms. The summed E-state index contributed by atoms with van der Waals surface area (Å²) in [4.78, 5) is 23.1. The van der Waals surface area contributed by atoms with Crippen molar-refractivity contribution in [1.82, 2.24) is 24.6 Å². The van der Waals surface area contributed by atoms with Crippen molar-refractivity contribution in [3.63, 3.8) is 0 Å². The van der Waals surface area contributed by atoms with Gasteiger partial charge in [-0.3, -0.25) is 9.48 Å². The molecule has 1 aliphatic heterocycles. The van der Waals surface area contributed by atoms with Gasteiger partial charge >= 0.3 is 0 Å². The van der Waals surface area contributed by atoms with Gasteiger partial charge in [0.1, 0.15) is 5.82 Å². The molecule has 1 N–H and O–H groups in total.